The lowest BCUT2D eigenvalue weighted by molar-refractivity contribution is 0.171. The zero-order valence-corrected chi connectivity index (χ0v) is 13.9. The molecule has 0 fully saturated rings. The number of benzene rings is 2. The van der Waals surface area contributed by atoms with Crippen LogP contribution in [0.4, 0.5) is 0 Å². The number of thiazole rings is 1. The van der Waals surface area contributed by atoms with Gasteiger partial charge in [0.15, 0.2) is 11.5 Å². The SMILES string of the molecule is Cc1cc2nc(C=Cc3ccc4c(c3)OCCO4)sc2cc1C. The third kappa shape index (κ3) is 2.82. The fourth-order valence-corrected chi connectivity index (χ4v) is 3.55. The molecule has 0 radical (unpaired) electrons. The monoisotopic (exact) mass is 323 g/mol. The molecule has 4 heteroatoms. The van der Waals surface area contributed by atoms with Crippen molar-refractivity contribution in [1.82, 2.24) is 4.98 Å². The Balaban J connectivity index is 1.63. The van der Waals surface area contributed by atoms with Crippen LogP contribution in [0, 0.1) is 13.8 Å². The van der Waals surface area contributed by atoms with E-state index in [9.17, 15) is 0 Å². The average molecular weight is 323 g/mol. The summed E-state index contributed by atoms with van der Waals surface area (Å²) < 4.78 is 12.4. The number of hydrogen-bond acceptors (Lipinski definition) is 4. The molecule has 116 valence electrons. The standard InChI is InChI=1S/C19H17NO2S/c1-12-9-15-18(10-13(12)2)23-19(20-15)6-4-14-3-5-16-17(11-14)22-8-7-21-16/h3-6,9-11H,7-8H2,1-2H3. The summed E-state index contributed by atoms with van der Waals surface area (Å²) in [6.07, 6.45) is 4.12. The van der Waals surface area contributed by atoms with Crippen LogP contribution in [0.15, 0.2) is 30.3 Å². The number of hydrogen-bond donors (Lipinski definition) is 0. The smallest absolute Gasteiger partial charge is 0.161 e. The van der Waals surface area contributed by atoms with Crippen molar-refractivity contribution in [2.24, 2.45) is 0 Å². The van der Waals surface area contributed by atoms with E-state index in [1.807, 2.05) is 18.2 Å². The van der Waals surface area contributed by atoms with Crippen molar-refractivity contribution in [3.8, 4) is 11.5 Å². The molecule has 0 N–H and O–H groups in total. The van der Waals surface area contributed by atoms with Gasteiger partial charge in [-0.15, -0.1) is 11.3 Å². The molecule has 0 spiro atoms. The largest absolute Gasteiger partial charge is 0.486 e. The first-order valence-electron chi connectivity index (χ1n) is 7.64. The second-order valence-corrected chi connectivity index (χ2v) is 6.75. The first-order valence-corrected chi connectivity index (χ1v) is 8.46. The van der Waals surface area contributed by atoms with Crippen molar-refractivity contribution in [3.05, 3.63) is 52.0 Å². The van der Waals surface area contributed by atoms with Crippen LogP contribution < -0.4 is 9.47 Å². The minimum atomic E-state index is 0.608. The molecular weight excluding hydrogens is 306 g/mol. The quantitative estimate of drug-likeness (QED) is 0.675. The Hall–Kier alpha value is -2.33. The van der Waals surface area contributed by atoms with Gasteiger partial charge in [-0.25, -0.2) is 4.98 Å². The van der Waals surface area contributed by atoms with Gasteiger partial charge in [-0.1, -0.05) is 12.1 Å². The lowest BCUT2D eigenvalue weighted by atomic mass is 10.1. The summed E-state index contributed by atoms with van der Waals surface area (Å²) >= 11 is 1.71. The molecule has 0 bridgehead atoms. The molecule has 0 saturated heterocycles. The van der Waals surface area contributed by atoms with Crippen molar-refractivity contribution in [2.45, 2.75) is 13.8 Å². The van der Waals surface area contributed by atoms with E-state index in [-0.39, 0.29) is 0 Å². The summed E-state index contributed by atoms with van der Waals surface area (Å²) in [4.78, 5) is 4.69. The molecule has 0 unspecified atom stereocenters. The number of nitrogens with zero attached hydrogens (tertiary/aromatic N) is 1. The van der Waals surface area contributed by atoms with Gasteiger partial charge in [0.1, 0.15) is 18.2 Å². The van der Waals surface area contributed by atoms with Crippen molar-refractivity contribution < 1.29 is 9.47 Å². The van der Waals surface area contributed by atoms with Crippen molar-refractivity contribution in [2.75, 3.05) is 13.2 Å². The second-order valence-electron chi connectivity index (χ2n) is 5.69. The molecule has 4 rings (SSSR count). The van der Waals surface area contributed by atoms with Crippen LogP contribution in [0.1, 0.15) is 21.7 Å². The Morgan fingerprint density at radius 2 is 1.74 bits per heavy atom. The van der Waals surface area contributed by atoms with E-state index in [0.717, 1.165) is 27.6 Å². The van der Waals surface area contributed by atoms with E-state index in [1.165, 1.54) is 15.8 Å². The first kappa shape index (κ1) is 14.3. The Kier molecular flexibility index (Phi) is 3.54. The van der Waals surface area contributed by atoms with Gasteiger partial charge in [-0.2, -0.15) is 0 Å². The highest BCUT2D eigenvalue weighted by atomic mass is 32.1. The molecule has 2 aromatic carbocycles. The van der Waals surface area contributed by atoms with Gasteiger partial charge in [-0.3, -0.25) is 0 Å². The summed E-state index contributed by atoms with van der Waals surface area (Å²) in [5.41, 5.74) is 4.74. The lowest BCUT2D eigenvalue weighted by Crippen LogP contribution is -2.15. The van der Waals surface area contributed by atoms with Crippen molar-refractivity contribution in [3.63, 3.8) is 0 Å². The Labute approximate surface area is 139 Å². The summed E-state index contributed by atoms with van der Waals surface area (Å²) in [5, 5.41) is 1.01. The Bertz CT molecular complexity index is 872. The van der Waals surface area contributed by atoms with Crippen LogP contribution in [0.5, 0.6) is 11.5 Å². The highest BCUT2D eigenvalue weighted by molar-refractivity contribution is 7.19. The van der Waals surface area contributed by atoms with E-state index in [1.54, 1.807) is 11.3 Å². The number of aromatic nitrogens is 1. The number of fused-ring (bicyclic) bond motifs is 2. The maximum Gasteiger partial charge on any atom is 0.161 e. The summed E-state index contributed by atoms with van der Waals surface area (Å²) in [6, 6.07) is 10.4. The molecule has 1 aliphatic heterocycles. The second kappa shape index (κ2) is 5.70. The van der Waals surface area contributed by atoms with E-state index in [0.29, 0.717) is 13.2 Å². The maximum absolute atomic E-state index is 5.62. The Morgan fingerprint density at radius 3 is 2.61 bits per heavy atom. The molecule has 0 atom stereocenters. The minimum absolute atomic E-state index is 0.608. The number of rotatable bonds is 2. The minimum Gasteiger partial charge on any atom is -0.486 e. The third-order valence-electron chi connectivity index (χ3n) is 4.01. The lowest BCUT2D eigenvalue weighted by Gasteiger charge is -2.18. The molecule has 2 heterocycles. The molecule has 3 aromatic rings. The van der Waals surface area contributed by atoms with Gasteiger partial charge in [0, 0.05) is 0 Å². The average Bonchev–Trinajstić information content (AvgIpc) is 2.95. The molecule has 0 aliphatic carbocycles. The van der Waals surface area contributed by atoms with Crippen molar-refractivity contribution >= 4 is 33.7 Å². The molecule has 0 amide bonds. The van der Waals surface area contributed by atoms with E-state index in [4.69, 9.17) is 14.5 Å². The van der Waals surface area contributed by atoms with E-state index < -0.39 is 0 Å². The van der Waals surface area contributed by atoms with E-state index >= 15 is 0 Å². The van der Waals surface area contributed by atoms with Gasteiger partial charge < -0.3 is 9.47 Å². The fourth-order valence-electron chi connectivity index (χ4n) is 2.60. The summed E-state index contributed by atoms with van der Waals surface area (Å²) in [6.45, 7) is 5.49. The summed E-state index contributed by atoms with van der Waals surface area (Å²) in [7, 11) is 0. The van der Waals surface area contributed by atoms with Gasteiger partial charge in [0.05, 0.1) is 10.2 Å². The highest BCUT2D eigenvalue weighted by Crippen LogP contribution is 2.32. The normalized spacial score (nSPS) is 13.8. The summed E-state index contributed by atoms with van der Waals surface area (Å²) in [5.74, 6) is 1.63. The molecule has 1 aliphatic rings. The maximum atomic E-state index is 5.62. The van der Waals surface area contributed by atoms with Crippen LogP contribution in [0.3, 0.4) is 0 Å². The van der Waals surface area contributed by atoms with Crippen LogP contribution in [0.2, 0.25) is 0 Å². The zero-order valence-electron chi connectivity index (χ0n) is 13.1. The van der Waals surface area contributed by atoms with Crippen LogP contribution in [0.25, 0.3) is 22.4 Å². The van der Waals surface area contributed by atoms with Crippen LogP contribution >= 0.6 is 11.3 Å². The Morgan fingerprint density at radius 1 is 0.957 bits per heavy atom. The molecule has 0 saturated carbocycles. The highest BCUT2D eigenvalue weighted by Gasteiger charge is 2.10. The van der Waals surface area contributed by atoms with Gasteiger partial charge in [0.25, 0.3) is 0 Å². The van der Waals surface area contributed by atoms with Crippen molar-refractivity contribution in [1.29, 1.82) is 0 Å². The van der Waals surface area contributed by atoms with Crippen LogP contribution in [-0.4, -0.2) is 18.2 Å². The predicted molar refractivity (Wildman–Crippen MR) is 95.5 cm³/mol. The molecule has 3 nitrogen and oxygen atoms in total. The van der Waals surface area contributed by atoms with Gasteiger partial charge in [0.2, 0.25) is 0 Å². The van der Waals surface area contributed by atoms with Crippen LogP contribution in [-0.2, 0) is 0 Å². The molecule has 1 aromatic heterocycles. The molecule has 23 heavy (non-hydrogen) atoms. The topological polar surface area (TPSA) is 31.4 Å². The first-order chi connectivity index (χ1) is 11.2. The van der Waals surface area contributed by atoms with E-state index in [2.05, 4.69) is 38.1 Å². The van der Waals surface area contributed by atoms with Gasteiger partial charge in [-0.05, 0) is 60.9 Å². The third-order valence-corrected chi connectivity index (χ3v) is 4.99. The van der Waals surface area contributed by atoms with Gasteiger partial charge >= 0.3 is 0 Å². The number of ether oxygens (including phenoxy) is 2. The zero-order chi connectivity index (χ0) is 15.8. The fraction of sp³-hybridized carbons (Fsp3) is 0.211. The predicted octanol–water partition coefficient (Wildman–Crippen LogP) is 4.85. The molecular formula is C19H17NO2S. The number of aryl methyl sites for hydroxylation is 2.